The van der Waals surface area contributed by atoms with Crippen molar-refractivity contribution < 1.29 is 43.3 Å². The lowest BCUT2D eigenvalue weighted by Crippen LogP contribution is -2.40. The Kier molecular flexibility index (Phi) is 17.2. The van der Waals surface area contributed by atoms with Gasteiger partial charge in [-0.05, 0) is 36.5 Å². The maximum atomic E-state index is 12.8. The number of pyridine rings is 1. The zero-order chi connectivity index (χ0) is 35.9. The largest absolute Gasteiger partial charge is 0.504 e. The number of anilines is 1. The van der Waals surface area contributed by atoms with Gasteiger partial charge in [0.1, 0.15) is 18.3 Å². The SMILES string of the molecule is CC.CC(C)C.C[C@@H]1CCCC2CN(C(=O)CNC(=O)CC(F)(F)F)CC21.N#C[C@@H]1CC(C(=O)Nc2ncc(F)cc2O)CN1C=O.[HH]. The highest BCUT2D eigenvalue weighted by Crippen LogP contribution is 2.39. The maximum absolute atomic E-state index is 12.8. The van der Waals surface area contributed by atoms with Crippen molar-refractivity contribution in [2.75, 3.05) is 31.5 Å². The summed E-state index contributed by atoms with van der Waals surface area (Å²) in [6.07, 6.45) is -1.03. The van der Waals surface area contributed by atoms with Crippen LogP contribution in [-0.4, -0.2) is 82.4 Å². The number of fused-ring (bicyclic) bond motifs is 1. The first-order valence-electron chi connectivity index (χ1n) is 15.9. The van der Waals surface area contributed by atoms with Crippen LogP contribution in [0.15, 0.2) is 12.3 Å². The number of rotatable bonds is 6. The van der Waals surface area contributed by atoms with Crippen LogP contribution in [-0.2, 0) is 19.2 Å². The van der Waals surface area contributed by atoms with E-state index in [0.717, 1.165) is 24.6 Å². The van der Waals surface area contributed by atoms with E-state index >= 15 is 0 Å². The van der Waals surface area contributed by atoms with E-state index in [1.807, 2.05) is 19.9 Å². The van der Waals surface area contributed by atoms with E-state index in [9.17, 15) is 41.8 Å². The summed E-state index contributed by atoms with van der Waals surface area (Å²) in [5.74, 6) is -1.44. The van der Waals surface area contributed by atoms with E-state index in [2.05, 4.69) is 43.3 Å². The van der Waals surface area contributed by atoms with Gasteiger partial charge in [0.05, 0.1) is 24.7 Å². The zero-order valence-corrected chi connectivity index (χ0v) is 27.9. The molecule has 0 bridgehead atoms. The smallest absolute Gasteiger partial charge is 0.397 e. The second kappa shape index (κ2) is 19.6. The van der Waals surface area contributed by atoms with Crippen molar-refractivity contribution in [3.63, 3.8) is 0 Å². The molecule has 1 saturated carbocycles. The first-order chi connectivity index (χ1) is 22.0. The average molecular weight is 675 g/mol. The molecule has 3 fully saturated rings. The Labute approximate surface area is 275 Å². The van der Waals surface area contributed by atoms with E-state index in [1.165, 1.54) is 17.7 Å². The molecule has 1 aromatic rings. The summed E-state index contributed by atoms with van der Waals surface area (Å²) in [4.78, 5) is 52.3. The minimum absolute atomic E-state index is 0. The van der Waals surface area contributed by atoms with Gasteiger partial charge in [-0.15, -0.1) is 0 Å². The molecule has 4 amide bonds. The summed E-state index contributed by atoms with van der Waals surface area (Å²) in [6.45, 7) is 13.8. The van der Waals surface area contributed by atoms with Gasteiger partial charge in [0.15, 0.2) is 11.6 Å². The molecule has 0 spiro atoms. The van der Waals surface area contributed by atoms with Crippen molar-refractivity contribution >= 4 is 29.9 Å². The number of nitrogens with zero attached hydrogens (tertiary/aromatic N) is 4. The molecule has 1 aromatic heterocycles. The molecular formula is C32H50F4N6O5. The first-order valence-corrected chi connectivity index (χ1v) is 15.9. The number of aromatic nitrogens is 1. The van der Waals surface area contributed by atoms with Gasteiger partial charge >= 0.3 is 6.18 Å². The predicted molar refractivity (Wildman–Crippen MR) is 169 cm³/mol. The number of carbonyl (C=O) groups is 4. The Morgan fingerprint density at radius 2 is 1.83 bits per heavy atom. The summed E-state index contributed by atoms with van der Waals surface area (Å²) in [7, 11) is 0. The van der Waals surface area contributed by atoms with Crippen LogP contribution < -0.4 is 10.6 Å². The van der Waals surface area contributed by atoms with Crippen molar-refractivity contribution in [3.05, 3.63) is 18.1 Å². The summed E-state index contributed by atoms with van der Waals surface area (Å²) in [6, 6.07) is 2.12. The van der Waals surface area contributed by atoms with E-state index in [1.54, 1.807) is 4.90 Å². The topological polar surface area (TPSA) is 156 Å². The standard InChI is InChI=1S/C14H21F3N2O2.C12H11FN4O3.C4H10.C2H6.H2/c1-9-3-2-4-10-7-19(8-11(9)10)13(21)6-18-12(20)5-14(15,16)17;13-8-2-10(19)11(15-4-8)16-12(20)7-1-9(3-14)17(5-7)6-18;1-4(2)3;1-2;/h9-11H,2-8H2,1H3,(H,18,20);2,4,6-7,9,19H,1,5H2,(H,15,16,20);4H,1-3H3;1-2H3;1H/t9-,10?,11?;7?,9-;;;/m10.../s1. The molecule has 3 N–H and O–H groups in total. The van der Waals surface area contributed by atoms with Crippen LogP contribution in [0.2, 0.25) is 0 Å². The minimum Gasteiger partial charge on any atom is -0.504 e. The normalized spacial score (nSPS) is 23.0. The Bertz CT molecular complexity index is 1230. The first kappa shape index (κ1) is 41.1. The number of nitriles is 1. The van der Waals surface area contributed by atoms with Crippen molar-refractivity contribution in [2.24, 2.45) is 29.6 Å². The van der Waals surface area contributed by atoms with Gasteiger partial charge < -0.3 is 25.5 Å². The number of halogens is 4. The van der Waals surface area contributed by atoms with Crippen LogP contribution in [0.5, 0.6) is 5.75 Å². The van der Waals surface area contributed by atoms with Crippen molar-refractivity contribution in [3.8, 4) is 11.8 Å². The molecule has 11 nitrogen and oxygen atoms in total. The summed E-state index contributed by atoms with van der Waals surface area (Å²) in [5, 5.41) is 22.7. The van der Waals surface area contributed by atoms with Crippen molar-refractivity contribution in [1.29, 1.82) is 5.26 Å². The third-order valence-electron chi connectivity index (χ3n) is 7.68. The quantitative estimate of drug-likeness (QED) is 0.280. The van der Waals surface area contributed by atoms with Gasteiger partial charge in [0.25, 0.3) is 0 Å². The monoisotopic (exact) mass is 674 g/mol. The predicted octanol–water partition coefficient (Wildman–Crippen LogP) is 5.12. The molecular weight excluding hydrogens is 624 g/mol. The number of carbonyl (C=O) groups excluding carboxylic acids is 4. The maximum Gasteiger partial charge on any atom is 0.397 e. The minimum atomic E-state index is -4.54. The Balaban J connectivity index is 0.000000778. The molecule has 5 atom stereocenters. The fraction of sp³-hybridized carbons (Fsp3) is 0.688. The number of alkyl halides is 3. The van der Waals surface area contributed by atoms with E-state index in [-0.39, 0.29) is 32.7 Å². The number of amides is 4. The molecule has 2 saturated heterocycles. The number of likely N-dealkylation sites (tertiary alicyclic amines) is 2. The molecule has 0 radical (unpaired) electrons. The highest BCUT2D eigenvalue weighted by atomic mass is 19.4. The second-order valence-corrected chi connectivity index (χ2v) is 12.3. The number of nitrogens with one attached hydrogen (secondary N) is 2. The van der Waals surface area contributed by atoms with Crippen LogP contribution in [0.25, 0.3) is 0 Å². The van der Waals surface area contributed by atoms with E-state index < -0.39 is 47.9 Å². The average Bonchev–Trinajstić information content (AvgIpc) is 3.63. The molecule has 3 unspecified atom stereocenters. The zero-order valence-electron chi connectivity index (χ0n) is 27.9. The Hall–Kier alpha value is -3.96. The van der Waals surface area contributed by atoms with E-state index in [4.69, 9.17) is 5.26 Å². The van der Waals surface area contributed by atoms with Gasteiger partial charge in [0, 0.05) is 27.1 Å². The number of hydrogen-bond donors (Lipinski definition) is 3. The molecule has 47 heavy (non-hydrogen) atoms. The second-order valence-electron chi connectivity index (χ2n) is 12.3. The lowest BCUT2D eigenvalue weighted by atomic mass is 9.75. The number of hydrogen-bond acceptors (Lipinski definition) is 7. The molecule has 1 aliphatic carbocycles. The Morgan fingerprint density at radius 3 is 2.34 bits per heavy atom. The fourth-order valence-electron chi connectivity index (χ4n) is 5.53. The van der Waals surface area contributed by atoms with Crippen LogP contribution in [0.1, 0.15) is 75.1 Å². The molecule has 0 aromatic carbocycles. The fourth-order valence-corrected chi connectivity index (χ4v) is 5.53. The molecule has 266 valence electrons. The van der Waals surface area contributed by atoms with Crippen molar-refractivity contribution in [2.45, 2.75) is 85.9 Å². The molecule has 2 aliphatic heterocycles. The highest BCUT2D eigenvalue weighted by molar-refractivity contribution is 5.93. The summed E-state index contributed by atoms with van der Waals surface area (Å²) in [5.41, 5.74) is 0. The van der Waals surface area contributed by atoms with Gasteiger partial charge in [-0.25, -0.2) is 9.37 Å². The summed E-state index contributed by atoms with van der Waals surface area (Å²) < 4.78 is 48.8. The molecule has 3 heterocycles. The lowest BCUT2D eigenvalue weighted by molar-refractivity contribution is -0.154. The van der Waals surface area contributed by atoms with Crippen LogP contribution >= 0.6 is 0 Å². The highest BCUT2D eigenvalue weighted by Gasteiger charge is 2.40. The van der Waals surface area contributed by atoms with Gasteiger partial charge in [-0.2, -0.15) is 18.4 Å². The number of aromatic hydroxyl groups is 1. The van der Waals surface area contributed by atoms with Crippen LogP contribution in [0, 0.1) is 46.7 Å². The van der Waals surface area contributed by atoms with E-state index in [0.29, 0.717) is 37.3 Å². The van der Waals surface area contributed by atoms with Crippen LogP contribution in [0.4, 0.5) is 23.4 Å². The van der Waals surface area contributed by atoms with Gasteiger partial charge in [0.2, 0.25) is 24.1 Å². The summed E-state index contributed by atoms with van der Waals surface area (Å²) >= 11 is 0. The molecule has 15 heteroatoms. The third-order valence-corrected chi connectivity index (χ3v) is 7.68. The molecule has 3 aliphatic rings. The molecule has 4 rings (SSSR count). The van der Waals surface area contributed by atoms with Gasteiger partial charge in [-0.1, -0.05) is 54.4 Å². The van der Waals surface area contributed by atoms with Gasteiger partial charge in [-0.3, -0.25) is 19.2 Å². The van der Waals surface area contributed by atoms with Crippen LogP contribution in [0.3, 0.4) is 0 Å². The van der Waals surface area contributed by atoms with Crippen molar-refractivity contribution in [1.82, 2.24) is 20.1 Å². The Morgan fingerprint density at radius 1 is 1.19 bits per heavy atom. The third kappa shape index (κ3) is 14.1. The lowest BCUT2D eigenvalue weighted by Gasteiger charge is -2.29.